The van der Waals surface area contributed by atoms with Crippen LogP contribution < -0.4 is 4.90 Å². The molecular formula is C17H22N6O3. The van der Waals surface area contributed by atoms with Crippen LogP contribution in [0.1, 0.15) is 27.4 Å². The molecule has 3 heterocycles. The Hall–Kier alpha value is -2.94. The SMILES string of the molecule is COCCN(Cc1c(C)nn(C)c1C)c1ncnc2[nH]c(C(=O)O)cc12. The van der Waals surface area contributed by atoms with E-state index in [-0.39, 0.29) is 5.69 Å². The Morgan fingerprint density at radius 2 is 2.15 bits per heavy atom. The molecule has 0 radical (unpaired) electrons. The predicted octanol–water partition coefficient (Wildman–Crippen LogP) is 1.66. The zero-order chi connectivity index (χ0) is 18.8. The van der Waals surface area contributed by atoms with E-state index in [1.807, 2.05) is 25.6 Å². The maximum atomic E-state index is 11.3. The zero-order valence-corrected chi connectivity index (χ0v) is 15.3. The number of aromatic amines is 1. The van der Waals surface area contributed by atoms with Gasteiger partial charge in [0.25, 0.3) is 0 Å². The van der Waals surface area contributed by atoms with Gasteiger partial charge in [-0.25, -0.2) is 14.8 Å². The predicted molar refractivity (Wildman–Crippen MR) is 96.5 cm³/mol. The molecule has 3 aromatic heterocycles. The first-order valence-electron chi connectivity index (χ1n) is 8.22. The number of aryl methyl sites for hydroxylation is 2. The van der Waals surface area contributed by atoms with E-state index in [9.17, 15) is 9.90 Å². The second-order valence-corrected chi connectivity index (χ2v) is 6.14. The summed E-state index contributed by atoms with van der Waals surface area (Å²) in [4.78, 5) is 24.7. The molecule has 0 bridgehead atoms. The summed E-state index contributed by atoms with van der Waals surface area (Å²) >= 11 is 0. The van der Waals surface area contributed by atoms with Crippen LogP contribution in [0, 0.1) is 13.8 Å². The molecule has 0 aromatic carbocycles. The molecule has 3 aromatic rings. The Morgan fingerprint density at radius 3 is 2.77 bits per heavy atom. The van der Waals surface area contributed by atoms with Crippen molar-refractivity contribution in [2.24, 2.45) is 7.05 Å². The second-order valence-electron chi connectivity index (χ2n) is 6.14. The van der Waals surface area contributed by atoms with Crippen molar-refractivity contribution in [1.82, 2.24) is 24.7 Å². The fourth-order valence-corrected chi connectivity index (χ4v) is 2.99. The second kappa shape index (κ2) is 7.12. The molecule has 0 saturated heterocycles. The van der Waals surface area contributed by atoms with Crippen molar-refractivity contribution in [1.29, 1.82) is 0 Å². The van der Waals surface area contributed by atoms with Crippen LogP contribution in [0.25, 0.3) is 11.0 Å². The lowest BCUT2D eigenvalue weighted by molar-refractivity contribution is 0.0691. The minimum absolute atomic E-state index is 0.0854. The largest absolute Gasteiger partial charge is 0.477 e. The third-order valence-corrected chi connectivity index (χ3v) is 4.51. The van der Waals surface area contributed by atoms with Gasteiger partial charge in [-0.15, -0.1) is 0 Å². The Bertz CT molecular complexity index is 946. The third kappa shape index (κ3) is 3.25. The fourth-order valence-electron chi connectivity index (χ4n) is 2.99. The highest BCUT2D eigenvalue weighted by atomic mass is 16.5. The number of anilines is 1. The average Bonchev–Trinajstić information content (AvgIpc) is 3.14. The molecular weight excluding hydrogens is 336 g/mol. The number of hydrogen-bond donors (Lipinski definition) is 2. The Kier molecular flexibility index (Phi) is 4.90. The standard InChI is InChI=1S/C17H22N6O3/c1-10-13(11(2)22(3)21-10)8-23(5-6-26-4)16-12-7-14(17(24)25)20-15(12)18-9-19-16/h7,9H,5-6,8H2,1-4H3,(H,24,25)(H,18,19,20). The number of methoxy groups -OCH3 is 1. The van der Waals surface area contributed by atoms with E-state index in [0.29, 0.717) is 36.5 Å². The smallest absolute Gasteiger partial charge is 0.352 e. The molecule has 3 rings (SSSR count). The van der Waals surface area contributed by atoms with Crippen molar-refractivity contribution in [3.63, 3.8) is 0 Å². The molecule has 0 unspecified atom stereocenters. The topological polar surface area (TPSA) is 109 Å². The number of carboxylic acids is 1. The molecule has 0 fully saturated rings. The summed E-state index contributed by atoms with van der Waals surface area (Å²) in [5, 5.41) is 14.4. The number of ether oxygens (including phenoxy) is 1. The van der Waals surface area contributed by atoms with Crippen molar-refractivity contribution >= 4 is 22.8 Å². The highest BCUT2D eigenvalue weighted by molar-refractivity contribution is 5.96. The van der Waals surface area contributed by atoms with E-state index in [1.54, 1.807) is 13.2 Å². The van der Waals surface area contributed by atoms with Gasteiger partial charge in [0.2, 0.25) is 0 Å². The average molecular weight is 358 g/mol. The van der Waals surface area contributed by atoms with Crippen molar-refractivity contribution in [2.45, 2.75) is 20.4 Å². The van der Waals surface area contributed by atoms with Gasteiger partial charge in [0.05, 0.1) is 17.7 Å². The highest BCUT2D eigenvalue weighted by Gasteiger charge is 2.20. The van der Waals surface area contributed by atoms with Gasteiger partial charge in [-0.1, -0.05) is 0 Å². The van der Waals surface area contributed by atoms with E-state index in [1.165, 1.54) is 6.33 Å². The maximum absolute atomic E-state index is 11.3. The van der Waals surface area contributed by atoms with Crippen molar-refractivity contribution in [3.8, 4) is 0 Å². The van der Waals surface area contributed by atoms with Crippen molar-refractivity contribution < 1.29 is 14.6 Å². The number of aromatic nitrogens is 5. The summed E-state index contributed by atoms with van der Waals surface area (Å²) in [6, 6.07) is 1.57. The zero-order valence-electron chi connectivity index (χ0n) is 15.3. The molecule has 0 aliphatic rings. The summed E-state index contributed by atoms with van der Waals surface area (Å²) in [5.41, 5.74) is 3.73. The number of rotatable bonds is 7. The van der Waals surface area contributed by atoms with E-state index in [4.69, 9.17) is 4.74 Å². The summed E-state index contributed by atoms with van der Waals surface area (Å²) in [6.07, 6.45) is 1.43. The van der Waals surface area contributed by atoms with E-state index >= 15 is 0 Å². The number of hydrogen-bond acceptors (Lipinski definition) is 6. The van der Waals surface area contributed by atoms with Crippen LogP contribution in [-0.4, -0.2) is 56.1 Å². The van der Waals surface area contributed by atoms with Gasteiger partial charge in [-0.3, -0.25) is 4.68 Å². The molecule has 0 spiro atoms. The lowest BCUT2D eigenvalue weighted by atomic mass is 10.1. The summed E-state index contributed by atoms with van der Waals surface area (Å²) in [7, 11) is 3.56. The molecule has 9 nitrogen and oxygen atoms in total. The number of aromatic carboxylic acids is 1. The molecule has 26 heavy (non-hydrogen) atoms. The van der Waals surface area contributed by atoms with Crippen LogP contribution in [-0.2, 0) is 18.3 Å². The van der Waals surface area contributed by atoms with Gasteiger partial charge in [-0.05, 0) is 19.9 Å². The van der Waals surface area contributed by atoms with E-state index < -0.39 is 5.97 Å². The van der Waals surface area contributed by atoms with Gasteiger partial charge >= 0.3 is 5.97 Å². The molecule has 0 aliphatic heterocycles. The fraction of sp³-hybridized carbons (Fsp3) is 0.412. The number of H-pyrrole nitrogens is 1. The van der Waals surface area contributed by atoms with Crippen LogP contribution in [0.4, 0.5) is 5.82 Å². The third-order valence-electron chi connectivity index (χ3n) is 4.51. The highest BCUT2D eigenvalue weighted by Crippen LogP contribution is 2.26. The molecule has 9 heteroatoms. The number of nitrogens with zero attached hydrogens (tertiary/aromatic N) is 5. The van der Waals surface area contributed by atoms with Gasteiger partial charge in [0.1, 0.15) is 23.5 Å². The Balaban J connectivity index is 2.05. The first kappa shape index (κ1) is 17.9. The molecule has 0 aliphatic carbocycles. The van der Waals surface area contributed by atoms with Crippen LogP contribution in [0.5, 0.6) is 0 Å². The van der Waals surface area contributed by atoms with E-state index in [0.717, 1.165) is 17.0 Å². The number of carbonyl (C=O) groups is 1. The molecule has 138 valence electrons. The van der Waals surface area contributed by atoms with Crippen LogP contribution in [0.2, 0.25) is 0 Å². The number of carboxylic acid groups (broad SMARTS) is 1. The summed E-state index contributed by atoms with van der Waals surface area (Å²) in [5.74, 6) is -0.366. The molecule has 0 saturated carbocycles. The summed E-state index contributed by atoms with van der Waals surface area (Å²) in [6.45, 7) is 5.71. The molecule has 2 N–H and O–H groups in total. The summed E-state index contributed by atoms with van der Waals surface area (Å²) < 4.78 is 7.10. The monoisotopic (exact) mass is 358 g/mol. The Morgan fingerprint density at radius 1 is 1.38 bits per heavy atom. The number of fused-ring (bicyclic) bond motifs is 1. The minimum Gasteiger partial charge on any atom is -0.477 e. The molecule has 0 amide bonds. The normalized spacial score (nSPS) is 11.2. The van der Waals surface area contributed by atoms with Gasteiger partial charge < -0.3 is 19.7 Å². The van der Waals surface area contributed by atoms with Crippen molar-refractivity contribution in [2.75, 3.05) is 25.2 Å². The first-order chi connectivity index (χ1) is 12.4. The van der Waals surface area contributed by atoms with Gasteiger partial charge in [0.15, 0.2) is 0 Å². The lowest BCUT2D eigenvalue weighted by Gasteiger charge is -2.24. The maximum Gasteiger partial charge on any atom is 0.352 e. The van der Waals surface area contributed by atoms with E-state index in [2.05, 4.69) is 25.0 Å². The van der Waals surface area contributed by atoms with Crippen LogP contribution in [0.3, 0.4) is 0 Å². The van der Waals surface area contributed by atoms with Crippen molar-refractivity contribution in [3.05, 3.63) is 35.0 Å². The number of nitrogens with one attached hydrogen (secondary N) is 1. The quantitative estimate of drug-likeness (QED) is 0.661. The van der Waals surface area contributed by atoms with Gasteiger partial charge in [0, 0.05) is 38.5 Å². The molecule has 0 atom stereocenters. The van der Waals surface area contributed by atoms with Crippen LogP contribution >= 0.6 is 0 Å². The minimum atomic E-state index is -1.03. The first-order valence-corrected chi connectivity index (χ1v) is 8.22. The Labute approximate surface area is 150 Å². The van der Waals surface area contributed by atoms with Gasteiger partial charge in [-0.2, -0.15) is 5.10 Å². The van der Waals surface area contributed by atoms with Crippen LogP contribution in [0.15, 0.2) is 12.4 Å². The lowest BCUT2D eigenvalue weighted by Crippen LogP contribution is -2.28.